The Morgan fingerprint density at radius 2 is 1.96 bits per heavy atom. The highest BCUT2D eigenvalue weighted by Gasteiger charge is 2.16. The summed E-state index contributed by atoms with van der Waals surface area (Å²) >= 11 is 3.19. The van der Waals surface area contributed by atoms with E-state index in [1.165, 1.54) is 22.2 Å². The molecule has 3 aromatic rings. The van der Waals surface area contributed by atoms with E-state index in [1.807, 2.05) is 24.3 Å². The smallest absolute Gasteiger partial charge is 0.234 e. The molecule has 0 spiro atoms. The Balaban J connectivity index is 1.63. The van der Waals surface area contributed by atoms with Crippen LogP contribution in [-0.2, 0) is 24.2 Å². The topological polar surface area (TPSA) is 59.8 Å². The summed E-state index contributed by atoms with van der Waals surface area (Å²) in [5, 5.41) is 14.6. The minimum absolute atomic E-state index is 0.0396. The fourth-order valence-corrected chi connectivity index (χ4v) is 4.69. The lowest BCUT2D eigenvalue weighted by atomic mass is 10.1. The van der Waals surface area contributed by atoms with Crippen LogP contribution < -0.4 is 5.32 Å². The zero-order valence-electron chi connectivity index (χ0n) is 16.6. The van der Waals surface area contributed by atoms with Crippen molar-refractivity contribution in [2.75, 3.05) is 11.1 Å². The summed E-state index contributed by atoms with van der Waals surface area (Å²) in [6.45, 7) is 7.14. The summed E-state index contributed by atoms with van der Waals surface area (Å²) in [6, 6.07) is 10.2. The van der Waals surface area contributed by atoms with Gasteiger partial charge in [-0.2, -0.15) is 0 Å². The van der Waals surface area contributed by atoms with Crippen molar-refractivity contribution in [2.45, 2.75) is 51.7 Å². The molecule has 7 heteroatoms. The van der Waals surface area contributed by atoms with Crippen LogP contribution in [0.25, 0.3) is 11.4 Å². The van der Waals surface area contributed by atoms with Crippen molar-refractivity contribution >= 4 is 34.7 Å². The zero-order valence-corrected chi connectivity index (χ0v) is 18.2. The summed E-state index contributed by atoms with van der Waals surface area (Å²) in [5.74, 6) is 1.14. The Morgan fingerprint density at radius 3 is 2.64 bits per heavy atom. The highest BCUT2D eigenvalue weighted by atomic mass is 32.2. The van der Waals surface area contributed by atoms with Gasteiger partial charge in [-0.1, -0.05) is 44.2 Å². The van der Waals surface area contributed by atoms with Gasteiger partial charge in [-0.25, -0.2) is 0 Å². The lowest BCUT2D eigenvalue weighted by Gasteiger charge is -2.07. The van der Waals surface area contributed by atoms with Crippen LogP contribution in [0.15, 0.2) is 40.9 Å². The fourth-order valence-electron chi connectivity index (χ4n) is 2.92. The predicted octanol–water partition coefficient (Wildman–Crippen LogP) is 5.27. The number of hydrogen-bond acceptors (Lipinski definition) is 5. The first kappa shape index (κ1) is 20.6. The molecule has 3 rings (SSSR count). The third kappa shape index (κ3) is 5.02. The molecule has 1 amide bonds. The maximum absolute atomic E-state index is 12.3. The van der Waals surface area contributed by atoms with Gasteiger partial charge in [0.15, 0.2) is 11.0 Å². The summed E-state index contributed by atoms with van der Waals surface area (Å²) in [5.41, 5.74) is 3.18. The minimum Gasteiger partial charge on any atom is -0.325 e. The molecule has 2 heterocycles. The molecule has 28 heavy (non-hydrogen) atoms. The van der Waals surface area contributed by atoms with E-state index in [4.69, 9.17) is 0 Å². The first-order chi connectivity index (χ1) is 13.6. The van der Waals surface area contributed by atoms with E-state index in [-0.39, 0.29) is 5.91 Å². The van der Waals surface area contributed by atoms with E-state index >= 15 is 0 Å². The van der Waals surface area contributed by atoms with Gasteiger partial charge in [0.05, 0.1) is 5.75 Å². The maximum atomic E-state index is 12.3. The van der Waals surface area contributed by atoms with Crippen LogP contribution in [0.1, 0.15) is 37.6 Å². The number of aryl methyl sites for hydroxylation is 2. The Hall–Kier alpha value is -2.12. The van der Waals surface area contributed by atoms with Gasteiger partial charge in [-0.05, 0) is 43.5 Å². The summed E-state index contributed by atoms with van der Waals surface area (Å²) < 4.78 is 2.08. The molecule has 148 valence electrons. The van der Waals surface area contributed by atoms with Crippen molar-refractivity contribution < 1.29 is 4.79 Å². The molecule has 1 N–H and O–H groups in total. The number of hydrogen-bond donors (Lipinski definition) is 1. The molecule has 0 saturated carbocycles. The molecule has 0 fully saturated rings. The van der Waals surface area contributed by atoms with E-state index in [2.05, 4.69) is 52.3 Å². The molecule has 0 bridgehead atoms. The van der Waals surface area contributed by atoms with Crippen molar-refractivity contribution in [3.8, 4) is 11.4 Å². The van der Waals surface area contributed by atoms with Crippen LogP contribution in [0.4, 0.5) is 5.69 Å². The summed E-state index contributed by atoms with van der Waals surface area (Å²) in [4.78, 5) is 13.7. The van der Waals surface area contributed by atoms with Gasteiger partial charge < -0.3 is 9.88 Å². The predicted molar refractivity (Wildman–Crippen MR) is 118 cm³/mol. The number of carbonyl (C=O) groups excluding carboxylic acids is 1. The number of nitrogens with zero attached hydrogens (tertiary/aromatic N) is 3. The second-order valence-corrected chi connectivity index (χ2v) is 8.43. The number of thioether (sulfide) groups is 1. The van der Waals surface area contributed by atoms with Crippen LogP contribution >= 0.6 is 23.1 Å². The third-order valence-electron chi connectivity index (χ3n) is 4.42. The lowest BCUT2D eigenvalue weighted by Crippen LogP contribution is -2.14. The number of carbonyl (C=O) groups is 1. The van der Waals surface area contributed by atoms with E-state index < -0.39 is 0 Å². The number of thiophene rings is 1. The standard InChI is InChI=1S/C21H26N4OS2/c1-4-7-18-12-16(13-27-18)20-23-24-21(25(20)6-3)28-14-19(26)22-17-10-8-15(5-2)9-11-17/h8-13H,4-7,14H2,1-3H3,(H,22,26). The van der Waals surface area contributed by atoms with E-state index in [0.29, 0.717) is 5.75 Å². The van der Waals surface area contributed by atoms with Crippen molar-refractivity contribution in [1.29, 1.82) is 0 Å². The van der Waals surface area contributed by atoms with Gasteiger partial charge in [-0.3, -0.25) is 4.79 Å². The second-order valence-electron chi connectivity index (χ2n) is 6.49. The molecule has 0 radical (unpaired) electrons. The van der Waals surface area contributed by atoms with Gasteiger partial charge in [0.1, 0.15) is 0 Å². The van der Waals surface area contributed by atoms with E-state index in [9.17, 15) is 4.79 Å². The number of amides is 1. The van der Waals surface area contributed by atoms with Crippen LogP contribution in [0.5, 0.6) is 0 Å². The van der Waals surface area contributed by atoms with Gasteiger partial charge in [0, 0.05) is 28.1 Å². The third-order valence-corrected chi connectivity index (χ3v) is 6.38. The van der Waals surface area contributed by atoms with Gasteiger partial charge >= 0.3 is 0 Å². The van der Waals surface area contributed by atoms with Crippen LogP contribution in [0, 0.1) is 0 Å². The van der Waals surface area contributed by atoms with Gasteiger partial charge in [0.2, 0.25) is 5.91 Å². The normalized spacial score (nSPS) is 11.0. The molecule has 0 unspecified atom stereocenters. The highest BCUT2D eigenvalue weighted by molar-refractivity contribution is 7.99. The van der Waals surface area contributed by atoms with E-state index in [0.717, 1.165) is 48.0 Å². The number of rotatable bonds is 9. The van der Waals surface area contributed by atoms with E-state index in [1.54, 1.807) is 11.3 Å². The molecule has 0 atom stereocenters. The van der Waals surface area contributed by atoms with Gasteiger partial charge in [-0.15, -0.1) is 21.5 Å². The molecule has 1 aromatic carbocycles. The molecule has 0 saturated heterocycles. The Morgan fingerprint density at radius 1 is 1.18 bits per heavy atom. The van der Waals surface area contributed by atoms with Crippen molar-refractivity contribution in [2.24, 2.45) is 0 Å². The number of benzene rings is 1. The first-order valence-electron chi connectivity index (χ1n) is 9.67. The average Bonchev–Trinajstić information content (AvgIpc) is 3.33. The molecule has 0 aliphatic rings. The number of aromatic nitrogens is 3. The van der Waals surface area contributed by atoms with Crippen LogP contribution in [-0.4, -0.2) is 26.4 Å². The van der Waals surface area contributed by atoms with Crippen molar-refractivity contribution in [1.82, 2.24) is 14.8 Å². The molecule has 2 aromatic heterocycles. The summed E-state index contributed by atoms with van der Waals surface area (Å²) in [7, 11) is 0. The Bertz CT molecular complexity index is 915. The SMILES string of the molecule is CCCc1cc(-c2nnc(SCC(=O)Nc3ccc(CC)cc3)n2CC)cs1. The zero-order chi connectivity index (χ0) is 19.9. The lowest BCUT2D eigenvalue weighted by molar-refractivity contribution is -0.113. The van der Waals surface area contributed by atoms with Gasteiger partial charge in [0.25, 0.3) is 0 Å². The fraction of sp³-hybridized carbons (Fsp3) is 0.381. The minimum atomic E-state index is -0.0396. The average molecular weight is 415 g/mol. The maximum Gasteiger partial charge on any atom is 0.234 e. The molecule has 0 aliphatic heterocycles. The quantitative estimate of drug-likeness (QED) is 0.484. The number of anilines is 1. The number of nitrogens with one attached hydrogen (secondary N) is 1. The molecular formula is C21H26N4OS2. The summed E-state index contributed by atoms with van der Waals surface area (Å²) in [6.07, 6.45) is 3.22. The van der Waals surface area contributed by atoms with Crippen LogP contribution in [0.3, 0.4) is 0 Å². The monoisotopic (exact) mass is 414 g/mol. The Labute approximate surface area is 174 Å². The largest absolute Gasteiger partial charge is 0.325 e. The van der Waals surface area contributed by atoms with Crippen molar-refractivity contribution in [3.63, 3.8) is 0 Å². The molecular weight excluding hydrogens is 388 g/mol. The molecule has 5 nitrogen and oxygen atoms in total. The first-order valence-corrected chi connectivity index (χ1v) is 11.5. The van der Waals surface area contributed by atoms with Crippen molar-refractivity contribution in [3.05, 3.63) is 46.2 Å². The molecule has 0 aliphatic carbocycles. The Kier molecular flexibility index (Phi) is 7.28. The second kappa shape index (κ2) is 9.89. The highest BCUT2D eigenvalue weighted by Crippen LogP contribution is 2.28. The van der Waals surface area contributed by atoms with Crippen LogP contribution in [0.2, 0.25) is 0 Å².